The maximum Gasteiger partial charge on any atom is 0.342 e. The van der Waals surface area contributed by atoms with Crippen LogP contribution in [-0.2, 0) is 46.0 Å². The summed E-state index contributed by atoms with van der Waals surface area (Å²) in [5.74, 6) is -2.07. The fourth-order valence-corrected chi connectivity index (χ4v) is 7.76. The van der Waals surface area contributed by atoms with E-state index in [1.807, 2.05) is 25.1 Å². The van der Waals surface area contributed by atoms with Crippen molar-refractivity contribution in [3.05, 3.63) is 101 Å². The summed E-state index contributed by atoms with van der Waals surface area (Å²) in [6.45, 7) is 5.00. The van der Waals surface area contributed by atoms with E-state index < -0.39 is 39.1 Å². The molecule has 2 aliphatic heterocycles. The Kier molecular flexibility index (Phi) is 7.09. The van der Waals surface area contributed by atoms with Crippen molar-refractivity contribution in [2.24, 2.45) is 0 Å². The Balaban J connectivity index is 1.90. The molecule has 3 aromatic carbocycles. The van der Waals surface area contributed by atoms with Crippen LogP contribution in [0.15, 0.2) is 83.8 Å². The second kappa shape index (κ2) is 10.2. The van der Waals surface area contributed by atoms with Crippen molar-refractivity contribution in [2.45, 2.75) is 55.9 Å². The molecule has 1 spiro atoms. The van der Waals surface area contributed by atoms with Gasteiger partial charge in [-0.15, -0.1) is 0 Å². The Morgan fingerprint density at radius 1 is 0.897 bits per heavy atom. The Labute approximate surface area is 228 Å². The SMILES string of the molecule is CCOC(=O)C1(C(=O)OCC)N(S(=O)(=O)c2ccc(C)cc2)[C@@H](c2ccccc2)C[C@@]12OCc1ccccc12. The number of rotatable bonds is 7. The van der Waals surface area contributed by atoms with Crippen LogP contribution in [0, 0.1) is 6.92 Å². The van der Waals surface area contributed by atoms with Crippen molar-refractivity contribution in [2.75, 3.05) is 13.2 Å². The summed E-state index contributed by atoms with van der Waals surface area (Å²) in [6, 6.07) is 21.6. The van der Waals surface area contributed by atoms with E-state index in [1.165, 1.54) is 12.1 Å². The highest BCUT2D eigenvalue weighted by atomic mass is 32.2. The predicted octanol–water partition coefficient (Wildman–Crippen LogP) is 4.42. The lowest BCUT2D eigenvalue weighted by molar-refractivity contribution is -0.190. The lowest BCUT2D eigenvalue weighted by Crippen LogP contribution is -2.68. The van der Waals surface area contributed by atoms with Crippen LogP contribution < -0.4 is 0 Å². The molecule has 9 heteroatoms. The van der Waals surface area contributed by atoms with Crippen molar-refractivity contribution >= 4 is 22.0 Å². The van der Waals surface area contributed by atoms with Gasteiger partial charge in [-0.05, 0) is 49.6 Å². The number of nitrogens with zero attached hydrogens (tertiary/aromatic N) is 1. The van der Waals surface area contributed by atoms with E-state index in [-0.39, 0.29) is 31.1 Å². The van der Waals surface area contributed by atoms with Gasteiger partial charge in [0.1, 0.15) is 5.60 Å². The normalized spacial score (nSPS) is 22.0. The molecular formula is C30H31NO7S. The molecule has 0 N–H and O–H groups in total. The average Bonchev–Trinajstić information content (AvgIpc) is 3.47. The number of esters is 2. The number of fused-ring (bicyclic) bond motifs is 2. The van der Waals surface area contributed by atoms with Crippen LogP contribution in [0.4, 0.5) is 0 Å². The van der Waals surface area contributed by atoms with Crippen LogP contribution in [0.5, 0.6) is 0 Å². The summed E-state index contributed by atoms with van der Waals surface area (Å²) in [4.78, 5) is 28.5. The van der Waals surface area contributed by atoms with Crippen molar-refractivity contribution in [3.8, 4) is 0 Å². The fourth-order valence-electron chi connectivity index (χ4n) is 5.87. The highest BCUT2D eigenvalue weighted by molar-refractivity contribution is 7.89. The van der Waals surface area contributed by atoms with Gasteiger partial charge in [0.25, 0.3) is 5.54 Å². The first kappa shape index (κ1) is 27.1. The molecule has 5 rings (SSSR count). The van der Waals surface area contributed by atoms with Crippen LogP contribution >= 0.6 is 0 Å². The van der Waals surface area contributed by atoms with Crippen LogP contribution in [0.2, 0.25) is 0 Å². The lowest BCUT2D eigenvalue weighted by atomic mass is 9.74. The van der Waals surface area contributed by atoms with Gasteiger partial charge >= 0.3 is 11.9 Å². The Bertz CT molecular complexity index is 1470. The van der Waals surface area contributed by atoms with E-state index in [9.17, 15) is 18.0 Å². The van der Waals surface area contributed by atoms with E-state index in [2.05, 4.69) is 0 Å². The van der Waals surface area contributed by atoms with Gasteiger partial charge in [0.15, 0.2) is 0 Å². The maximum absolute atomic E-state index is 14.7. The van der Waals surface area contributed by atoms with Crippen molar-refractivity contribution in [1.29, 1.82) is 0 Å². The minimum atomic E-state index is -4.50. The zero-order valence-corrected chi connectivity index (χ0v) is 22.9. The Morgan fingerprint density at radius 2 is 1.49 bits per heavy atom. The summed E-state index contributed by atoms with van der Waals surface area (Å²) < 4.78 is 47.9. The number of benzene rings is 3. The molecule has 1 saturated heterocycles. The zero-order valence-electron chi connectivity index (χ0n) is 22.1. The molecule has 0 radical (unpaired) electrons. The molecule has 0 unspecified atom stereocenters. The molecule has 204 valence electrons. The van der Waals surface area contributed by atoms with E-state index >= 15 is 0 Å². The first-order chi connectivity index (χ1) is 18.7. The van der Waals surface area contributed by atoms with E-state index in [4.69, 9.17) is 14.2 Å². The lowest BCUT2D eigenvalue weighted by Gasteiger charge is -2.42. The molecule has 0 bridgehead atoms. The summed E-state index contributed by atoms with van der Waals surface area (Å²) in [7, 11) is -4.50. The standard InChI is InChI=1S/C30H31NO7S/c1-4-36-27(32)30(28(33)37-5-2)29(25-14-10-9-13-23(25)20-38-29)19-26(22-11-7-6-8-12-22)31(30)39(34,35)24-17-15-21(3)16-18-24/h6-18,26H,4-5,19-20H2,1-3H3/t26-,29+/m1/s1. The largest absolute Gasteiger partial charge is 0.464 e. The van der Waals surface area contributed by atoms with Gasteiger partial charge < -0.3 is 14.2 Å². The number of carbonyl (C=O) groups excluding carboxylic acids is 2. The van der Waals surface area contributed by atoms with Gasteiger partial charge in [0.2, 0.25) is 10.0 Å². The molecule has 0 amide bonds. The first-order valence-electron chi connectivity index (χ1n) is 13.0. The van der Waals surface area contributed by atoms with Crippen molar-refractivity contribution < 1.29 is 32.2 Å². The molecule has 3 aromatic rings. The van der Waals surface area contributed by atoms with Gasteiger partial charge in [-0.3, -0.25) is 0 Å². The summed E-state index contributed by atoms with van der Waals surface area (Å²) in [5.41, 5.74) is -1.39. The van der Waals surface area contributed by atoms with Gasteiger partial charge in [-0.25, -0.2) is 18.0 Å². The third kappa shape index (κ3) is 3.99. The summed E-state index contributed by atoms with van der Waals surface area (Å²) in [5, 5.41) is 0. The molecule has 39 heavy (non-hydrogen) atoms. The maximum atomic E-state index is 14.7. The monoisotopic (exact) mass is 549 g/mol. The molecule has 2 aliphatic rings. The smallest absolute Gasteiger partial charge is 0.342 e. The quantitative estimate of drug-likeness (QED) is 0.318. The molecule has 8 nitrogen and oxygen atoms in total. The van der Waals surface area contributed by atoms with Crippen LogP contribution in [0.25, 0.3) is 0 Å². The fraction of sp³-hybridized carbons (Fsp3) is 0.333. The van der Waals surface area contributed by atoms with Gasteiger partial charge in [-0.1, -0.05) is 72.3 Å². The molecule has 0 aliphatic carbocycles. The molecular weight excluding hydrogens is 518 g/mol. The van der Waals surface area contributed by atoms with Gasteiger partial charge in [-0.2, -0.15) is 4.31 Å². The minimum Gasteiger partial charge on any atom is -0.464 e. The Hall–Kier alpha value is -3.53. The highest BCUT2D eigenvalue weighted by Gasteiger charge is 2.79. The molecule has 0 saturated carbocycles. The van der Waals surface area contributed by atoms with Crippen molar-refractivity contribution in [1.82, 2.24) is 4.31 Å². The summed E-state index contributed by atoms with van der Waals surface area (Å²) in [6.07, 6.45) is -0.00323. The third-order valence-corrected chi connectivity index (χ3v) is 9.42. The molecule has 1 fully saturated rings. The Morgan fingerprint density at radius 3 is 2.10 bits per heavy atom. The highest BCUT2D eigenvalue weighted by Crippen LogP contribution is 2.62. The van der Waals surface area contributed by atoms with E-state index in [0.29, 0.717) is 11.1 Å². The number of hydrogen-bond acceptors (Lipinski definition) is 7. The average molecular weight is 550 g/mol. The van der Waals surface area contributed by atoms with Crippen LogP contribution in [0.1, 0.15) is 48.6 Å². The van der Waals surface area contributed by atoms with Crippen LogP contribution in [-0.4, -0.2) is 43.4 Å². The number of sulfonamides is 1. The zero-order chi connectivity index (χ0) is 27.8. The third-order valence-electron chi connectivity index (χ3n) is 7.51. The molecule has 2 atom stereocenters. The van der Waals surface area contributed by atoms with E-state index in [1.54, 1.807) is 62.4 Å². The van der Waals surface area contributed by atoms with Gasteiger partial charge in [0.05, 0.1) is 30.8 Å². The first-order valence-corrected chi connectivity index (χ1v) is 14.4. The number of ether oxygens (including phenoxy) is 3. The predicted molar refractivity (Wildman–Crippen MR) is 143 cm³/mol. The van der Waals surface area contributed by atoms with Crippen molar-refractivity contribution in [3.63, 3.8) is 0 Å². The molecule has 2 heterocycles. The second-order valence-corrected chi connectivity index (χ2v) is 11.5. The van der Waals surface area contributed by atoms with Crippen LogP contribution in [0.3, 0.4) is 0 Å². The number of carbonyl (C=O) groups is 2. The second-order valence-electron chi connectivity index (χ2n) is 9.67. The summed E-state index contributed by atoms with van der Waals surface area (Å²) >= 11 is 0. The minimum absolute atomic E-state index is 0.00323. The van der Waals surface area contributed by atoms with Gasteiger partial charge in [0, 0.05) is 6.42 Å². The van der Waals surface area contributed by atoms with E-state index in [0.717, 1.165) is 15.4 Å². The molecule has 0 aromatic heterocycles. The number of hydrogen-bond donors (Lipinski definition) is 0. The topological polar surface area (TPSA) is 99.2 Å². The number of aryl methyl sites for hydroxylation is 1.